The summed E-state index contributed by atoms with van der Waals surface area (Å²) in [7, 11) is 0. The predicted octanol–water partition coefficient (Wildman–Crippen LogP) is 2.53. The molecule has 134 valence electrons. The van der Waals surface area contributed by atoms with Gasteiger partial charge in [0.15, 0.2) is 0 Å². The number of hydrogen-bond acceptors (Lipinski definition) is 4. The highest BCUT2D eigenvalue weighted by atomic mass is 16.3. The van der Waals surface area contributed by atoms with Gasteiger partial charge in [-0.1, -0.05) is 24.3 Å². The summed E-state index contributed by atoms with van der Waals surface area (Å²) in [6, 6.07) is 13.9. The normalized spacial score (nSPS) is 12.8. The lowest BCUT2D eigenvalue weighted by atomic mass is 9.94. The van der Waals surface area contributed by atoms with Gasteiger partial charge in [0.05, 0.1) is 6.10 Å². The molecule has 2 aromatic carbocycles. The minimum atomic E-state index is -0.630. The first-order chi connectivity index (χ1) is 11.8. The predicted molar refractivity (Wildman–Crippen MR) is 98.4 cm³/mol. The van der Waals surface area contributed by atoms with E-state index in [1.165, 1.54) is 0 Å². The van der Waals surface area contributed by atoms with Crippen LogP contribution in [0, 0.1) is 0 Å². The van der Waals surface area contributed by atoms with E-state index in [2.05, 4.69) is 19.2 Å². The van der Waals surface area contributed by atoms with E-state index in [0.717, 1.165) is 24.0 Å². The number of nitrogens with one attached hydrogen (secondary N) is 1. The zero-order chi connectivity index (χ0) is 18.4. The van der Waals surface area contributed by atoms with Crippen LogP contribution in [0.25, 0.3) is 0 Å². The number of carbonyl (C=O) groups excluding carboxylic acids is 1. The van der Waals surface area contributed by atoms with Gasteiger partial charge in [-0.05, 0) is 62.1 Å². The van der Waals surface area contributed by atoms with Crippen LogP contribution >= 0.6 is 0 Å². The van der Waals surface area contributed by atoms with Gasteiger partial charge in [-0.25, -0.2) is 0 Å². The number of aliphatic hydroxyl groups excluding tert-OH is 1. The molecule has 0 bridgehead atoms. The molecule has 0 radical (unpaired) electrons. The molecule has 0 fully saturated rings. The SMILES string of the molecule is CC(C)(CCc1ccc(C(N)=O)cc1)NC[C@H](O)c1ccc(O)cc1. The maximum atomic E-state index is 11.1. The largest absolute Gasteiger partial charge is 0.508 e. The second-order valence-corrected chi connectivity index (χ2v) is 6.93. The fourth-order valence-electron chi connectivity index (χ4n) is 2.57. The van der Waals surface area contributed by atoms with Gasteiger partial charge in [0.1, 0.15) is 5.75 Å². The number of nitrogens with two attached hydrogens (primary N) is 1. The summed E-state index contributed by atoms with van der Waals surface area (Å²) in [6.45, 7) is 4.61. The van der Waals surface area contributed by atoms with Crippen LogP contribution in [0.15, 0.2) is 48.5 Å². The number of amides is 1. The Bertz CT molecular complexity index is 694. The van der Waals surface area contributed by atoms with Gasteiger partial charge in [0.25, 0.3) is 0 Å². The van der Waals surface area contributed by atoms with E-state index in [4.69, 9.17) is 5.73 Å². The Kier molecular flexibility index (Phi) is 6.17. The first-order valence-corrected chi connectivity index (χ1v) is 8.37. The molecule has 0 saturated heterocycles. The zero-order valence-corrected chi connectivity index (χ0v) is 14.7. The van der Waals surface area contributed by atoms with Crippen LogP contribution in [0.1, 0.15) is 47.9 Å². The van der Waals surface area contributed by atoms with Crippen LogP contribution in [0.5, 0.6) is 5.75 Å². The van der Waals surface area contributed by atoms with Crippen molar-refractivity contribution in [2.24, 2.45) is 5.73 Å². The van der Waals surface area contributed by atoms with Crippen molar-refractivity contribution < 1.29 is 15.0 Å². The molecule has 0 aliphatic carbocycles. The standard InChI is InChI=1S/C20H26N2O3/c1-20(2,12-11-14-3-5-16(6-4-14)19(21)25)22-13-18(24)15-7-9-17(23)10-8-15/h3-10,18,22-24H,11-13H2,1-2H3,(H2,21,25)/t18-/m0/s1. The van der Waals surface area contributed by atoms with Gasteiger partial charge < -0.3 is 21.3 Å². The summed E-state index contributed by atoms with van der Waals surface area (Å²) in [5.41, 5.74) is 7.51. The van der Waals surface area contributed by atoms with E-state index >= 15 is 0 Å². The number of phenolic OH excluding ortho intramolecular Hbond substituents is 1. The summed E-state index contributed by atoms with van der Waals surface area (Å²) >= 11 is 0. The number of phenols is 1. The van der Waals surface area contributed by atoms with Crippen LogP contribution in [0.4, 0.5) is 0 Å². The number of benzene rings is 2. The number of β-amino-alcohol motifs (C(OH)–C–C–N with tert-alkyl or cyclic N) is 1. The van der Waals surface area contributed by atoms with Crippen molar-refractivity contribution in [3.05, 3.63) is 65.2 Å². The number of hydrogen-bond donors (Lipinski definition) is 4. The number of aryl methyl sites for hydroxylation is 1. The van der Waals surface area contributed by atoms with Gasteiger partial charge in [-0.2, -0.15) is 0 Å². The molecule has 0 spiro atoms. The molecular formula is C20H26N2O3. The van der Waals surface area contributed by atoms with E-state index in [-0.39, 0.29) is 11.3 Å². The minimum Gasteiger partial charge on any atom is -0.508 e. The maximum Gasteiger partial charge on any atom is 0.248 e. The van der Waals surface area contributed by atoms with Crippen LogP contribution < -0.4 is 11.1 Å². The lowest BCUT2D eigenvalue weighted by Crippen LogP contribution is -2.41. The van der Waals surface area contributed by atoms with E-state index < -0.39 is 12.0 Å². The summed E-state index contributed by atoms with van der Waals surface area (Å²) < 4.78 is 0. The number of carbonyl (C=O) groups is 1. The first kappa shape index (κ1) is 19.0. The Labute approximate surface area is 148 Å². The molecule has 2 aromatic rings. The smallest absolute Gasteiger partial charge is 0.248 e. The molecule has 25 heavy (non-hydrogen) atoms. The van der Waals surface area contributed by atoms with E-state index in [1.807, 2.05) is 12.1 Å². The average Bonchev–Trinajstić information content (AvgIpc) is 2.59. The molecule has 1 amide bonds. The molecule has 0 aliphatic heterocycles. The lowest BCUT2D eigenvalue weighted by Gasteiger charge is -2.28. The van der Waals surface area contributed by atoms with Crippen molar-refractivity contribution >= 4 is 5.91 Å². The summed E-state index contributed by atoms with van der Waals surface area (Å²) in [6.07, 6.45) is 1.11. The molecule has 0 saturated carbocycles. The summed E-state index contributed by atoms with van der Waals surface area (Å²) in [5, 5.41) is 22.9. The van der Waals surface area contributed by atoms with E-state index in [9.17, 15) is 15.0 Å². The number of aliphatic hydroxyl groups is 1. The third-order valence-electron chi connectivity index (χ3n) is 4.33. The highest BCUT2D eigenvalue weighted by Crippen LogP contribution is 2.19. The van der Waals surface area contributed by atoms with Crippen molar-refractivity contribution in [1.82, 2.24) is 5.32 Å². The van der Waals surface area contributed by atoms with Gasteiger partial charge in [-0.3, -0.25) is 4.79 Å². The van der Waals surface area contributed by atoms with E-state index in [1.54, 1.807) is 36.4 Å². The Morgan fingerprint density at radius 2 is 1.72 bits per heavy atom. The zero-order valence-electron chi connectivity index (χ0n) is 14.7. The van der Waals surface area contributed by atoms with Gasteiger partial charge in [-0.15, -0.1) is 0 Å². The van der Waals surface area contributed by atoms with Crippen molar-refractivity contribution in [2.75, 3.05) is 6.54 Å². The molecular weight excluding hydrogens is 316 g/mol. The highest BCUT2D eigenvalue weighted by Gasteiger charge is 2.19. The summed E-state index contributed by atoms with van der Waals surface area (Å²) in [5.74, 6) is -0.233. The van der Waals surface area contributed by atoms with Gasteiger partial charge >= 0.3 is 0 Å². The topological polar surface area (TPSA) is 95.6 Å². The molecule has 5 N–H and O–H groups in total. The Morgan fingerprint density at radius 1 is 1.12 bits per heavy atom. The first-order valence-electron chi connectivity index (χ1n) is 8.37. The molecule has 1 atom stereocenters. The fourth-order valence-corrected chi connectivity index (χ4v) is 2.57. The van der Waals surface area contributed by atoms with Crippen molar-refractivity contribution in [3.8, 4) is 5.75 Å². The van der Waals surface area contributed by atoms with Crippen molar-refractivity contribution in [3.63, 3.8) is 0 Å². The molecule has 0 aromatic heterocycles. The number of aromatic hydroxyl groups is 1. The maximum absolute atomic E-state index is 11.1. The van der Waals surface area contributed by atoms with Crippen LogP contribution in [-0.4, -0.2) is 28.2 Å². The second-order valence-electron chi connectivity index (χ2n) is 6.93. The fraction of sp³-hybridized carbons (Fsp3) is 0.350. The molecule has 0 aliphatic rings. The van der Waals surface area contributed by atoms with Crippen LogP contribution in [0.2, 0.25) is 0 Å². The van der Waals surface area contributed by atoms with Crippen molar-refractivity contribution in [2.45, 2.75) is 38.3 Å². The van der Waals surface area contributed by atoms with Crippen LogP contribution in [0.3, 0.4) is 0 Å². The number of primary amides is 1. The Balaban J connectivity index is 1.84. The average molecular weight is 342 g/mol. The van der Waals surface area contributed by atoms with E-state index in [0.29, 0.717) is 12.1 Å². The summed E-state index contributed by atoms with van der Waals surface area (Å²) in [4.78, 5) is 11.1. The molecule has 5 nitrogen and oxygen atoms in total. The van der Waals surface area contributed by atoms with Crippen molar-refractivity contribution in [1.29, 1.82) is 0 Å². The van der Waals surface area contributed by atoms with Gasteiger partial charge in [0.2, 0.25) is 5.91 Å². The van der Waals surface area contributed by atoms with Crippen LogP contribution in [-0.2, 0) is 6.42 Å². The second kappa shape index (κ2) is 8.14. The third-order valence-corrected chi connectivity index (χ3v) is 4.33. The van der Waals surface area contributed by atoms with Gasteiger partial charge in [0, 0.05) is 17.6 Å². The quantitative estimate of drug-likeness (QED) is 0.593. The third kappa shape index (κ3) is 5.89. The highest BCUT2D eigenvalue weighted by molar-refractivity contribution is 5.92. The Hall–Kier alpha value is -2.37. The molecule has 2 rings (SSSR count). The number of rotatable bonds is 8. The monoisotopic (exact) mass is 342 g/mol. The molecule has 0 heterocycles. The molecule has 5 heteroatoms. The Morgan fingerprint density at radius 3 is 2.28 bits per heavy atom. The lowest BCUT2D eigenvalue weighted by molar-refractivity contribution is 0.1000. The minimum absolute atomic E-state index is 0.153. The molecule has 0 unspecified atom stereocenters.